The zero-order chi connectivity index (χ0) is 20.6. The first-order chi connectivity index (χ1) is 12.9. The van der Waals surface area contributed by atoms with E-state index in [0.717, 1.165) is 0 Å². The highest BCUT2D eigenvalue weighted by Crippen LogP contribution is 2.54. The largest absolute Gasteiger partial charge is 0.392 e. The predicted octanol–water partition coefficient (Wildman–Crippen LogP) is -0.352. The number of halogens is 3. The topological polar surface area (TPSA) is 105 Å². The van der Waals surface area contributed by atoms with E-state index in [0.29, 0.717) is 5.56 Å². The molecule has 11 heteroatoms. The Morgan fingerprint density at radius 2 is 2.07 bits per heavy atom. The van der Waals surface area contributed by atoms with Crippen molar-refractivity contribution in [3.8, 4) is 0 Å². The maximum atomic E-state index is 13.2. The predicted molar refractivity (Wildman–Crippen MR) is 89.4 cm³/mol. The van der Waals surface area contributed by atoms with Crippen LogP contribution in [0.25, 0.3) is 0 Å². The number of nitrogens with two attached hydrogens (primary N) is 1. The van der Waals surface area contributed by atoms with Gasteiger partial charge in [-0.15, -0.1) is 0 Å². The van der Waals surface area contributed by atoms with Gasteiger partial charge in [0.25, 0.3) is 5.91 Å². The average Bonchev–Trinajstić information content (AvgIpc) is 3.19. The lowest BCUT2D eigenvalue weighted by molar-refractivity contribution is -0.224. The fourth-order valence-corrected chi connectivity index (χ4v) is 5.02. The molecule has 3 N–H and O–H groups in total. The summed E-state index contributed by atoms with van der Waals surface area (Å²) in [5.41, 5.74) is 5.62. The molecule has 0 aromatic carbocycles. The molecule has 2 saturated heterocycles. The Kier molecular flexibility index (Phi) is 4.06. The molecule has 8 nitrogen and oxygen atoms in total. The number of amides is 2. The number of nitrogens with zero attached hydrogens (tertiary/aromatic N) is 4. The van der Waals surface area contributed by atoms with E-state index in [1.165, 1.54) is 27.7 Å². The Hall–Kier alpha value is -2.14. The van der Waals surface area contributed by atoms with Crippen molar-refractivity contribution in [2.75, 3.05) is 20.1 Å². The molecule has 1 aliphatic carbocycles. The molecule has 3 heterocycles. The lowest BCUT2D eigenvalue weighted by Gasteiger charge is -2.48. The highest BCUT2D eigenvalue weighted by molar-refractivity contribution is 5.94. The second-order valence-electron chi connectivity index (χ2n) is 8.22. The Morgan fingerprint density at radius 1 is 1.39 bits per heavy atom. The third-order valence-corrected chi connectivity index (χ3v) is 6.51. The maximum absolute atomic E-state index is 13.2. The van der Waals surface area contributed by atoms with Crippen LogP contribution in [0.5, 0.6) is 0 Å². The number of aryl methyl sites for hydroxylation is 1. The molecule has 6 atom stereocenters. The van der Waals surface area contributed by atoms with Gasteiger partial charge in [-0.05, 0) is 6.42 Å². The Morgan fingerprint density at radius 3 is 2.64 bits per heavy atom. The molecular formula is C17H22F3N5O3. The van der Waals surface area contributed by atoms with Gasteiger partial charge in [0.1, 0.15) is 6.10 Å². The number of aromatic nitrogens is 2. The first kappa shape index (κ1) is 19.2. The van der Waals surface area contributed by atoms with E-state index in [1.54, 1.807) is 13.2 Å². The summed E-state index contributed by atoms with van der Waals surface area (Å²) >= 11 is 0. The van der Waals surface area contributed by atoms with Gasteiger partial charge in [0, 0.05) is 50.4 Å². The number of rotatable bonds is 2. The zero-order valence-corrected chi connectivity index (χ0v) is 15.4. The first-order valence-corrected chi connectivity index (χ1v) is 9.02. The molecule has 4 rings (SSSR count). The van der Waals surface area contributed by atoms with Crippen LogP contribution < -0.4 is 5.73 Å². The van der Waals surface area contributed by atoms with E-state index >= 15 is 0 Å². The summed E-state index contributed by atoms with van der Waals surface area (Å²) in [7, 11) is 3.16. The summed E-state index contributed by atoms with van der Waals surface area (Å²) in [6.07, 6.45) is -2.99. The summed E-state index contributed by atoms with van der Waals surface area (Å²) in [6, 6.07) is -0.742. The highest BCUT2D eigenvalue weighted by atomic mass is 19.4. The minimum Gasteiger partial charge on any atom is -0.382 e. The molecule has 2 aliphatic heterocycles. The second kappa shape index (κ2) is 5.93. The van der Waals surface area contributed by atoms with E-state index in [1.807, 2.05) is 0 Å². The van der Waals surface area contributed by atoms with Gasteiger partial charge >= 0.3 is 6.18 Å². The van der Waals surface area contributed by atoms with E-state index < -0.39 is 53.4 Å². The van der Waals surface area contributed by atoms with Crippen LogP contribution in [0, 0.1) is 17.8 Å². The van der Waals surface area contributed by atoms with Crippen LogP contribution in [0.4, 0.5) is 13.2 Å². The van der Waals surface area contributed by atoms with Gasteiger partial charge in [-0.1, -0.05) is 0 Å². The molecule has 1 saturated carbocycles. The van der Waals surface area contributed by atoms with Crippen LogP contribution in [0.15, 0.2) is 12.4 Å². The van der Waals surface area contributed by atoms with Crippen molar-refractivity contribution < 1.29 is 27.9 Å². The van der Waals surface area contributed by atoms with Crippen LogP contribution in [-0.2, 0) is 16.6 Å². The number of hydrogen-bond acceptors (Lipinski definition) is 5. The van der Waals surface area contributed by atoms with E-state index in [9.17, 15) is 27.9 Å². The molecule has 3 fully saturated rings. The Bertz CT molecular complexity index is 827. The van der Waals surface area contributed by atoms with Crippen molar-refractivity contribution in [3.63, 3.8) is 0 Å². The number of likely N-dealkylation sites (N-methyl/N-ethyl adjacent to an activating group) is 1. The van der Waals surface area contributed by atoms with Crippen molar-refractivity contribution in [3.05, 3.63) is 18.0 Å². The van der Waals surface area contributed by atoms with Crippen molar-refractivity contribution in [1.29, 1.82) is 0 Å². The number of aliphatic hydroxyl groups is 1. The van der Waals surface area contributed by atoms with Crippen molar-refractivity contribution >= 4 is 11.8 Å². The van der Waals surface area contributed by atoms with Gasteiger partial charge in [0.2, 0.25) is 5.91 Å². The van der Waals surface area contributed by atoms with Gasteiger partial charge in [0.05, 0.1) is 24.1 Å². The molecular weight excluding hydrogens is 379 g/mol. The second-order valence-corrected chi connectivity index (χ2v) is 8.22. The SMILES string of the molecule is CN1C(=O)[C@H](O)[C@H](C(=O)N2C[C@@H]3[C@@H](C(F)(F)F)C[C@]3(N)C2)[C@H]1c1cnn(C)c1. The maximum Gasteiger partial charge on any atom is 0.392 e. The third-order valence-electron chi connectivity index (χ3n) is 6.51. The number of alkyl halides is 3. The van der Waals surface area contributed by atoms with Crippen LogP contribution in [0.1, 0.15) is 18.0 Å². The lowest BCUT2D eigenvalue weighted by Crippen LogP contribution is -2.63. The van der Waals surface area contributed by atoms with Crippen LogP contribution in [-0.4, -0.2) is 74.5 Å². The van der Waals surface area contributed by atoms with Gasteiger partial charge < -0.3 is 20.6 Å². The smallest absolute Gasteiger partial charge is 0.382 e. The molecule has 1 aromatic rings. The van der Waals surface area contributed by atoms with Crippen LogP contribution >= 0.6 is 0 Å². The Labute approximate surface area is 159 Å². The molecule has 2 amide bonds. The number of fused-ring (bicyclic) bond motifs is 1. The fourth-order valence-electron chi connectivity index (χ4n) is 5.02. The third kappa shape index (κ3) is 2.63. The molecule has 0 bridgehead atoms. The van der Waals surface area contributed by atoms with Crippen molar-refractivity contribution in [2.45, 2.75) is 30.3 Å². The van der Waals surface area contributed by atoms with Crippen molar-refractivity contribution in [2.24, 2.45) is 30.5 Å². The normalized spacial score (nSPS) is 38.0. The standard InChI is InChI=1S/C17H22F3N5O3/c1-23-5-8(4-22-23)12-11(13(26)15(28)24(12)2)14(27)25-6-10-9(17(18,19)20)3-16(10,21)7-25/h4-5,9-13,26H,3,6-7,21H2,1-2H3/t9-,10+,11+,12+,13+,16-/m0/s1. The summed E-state index contributed by atoms with van der Waals surface area (Å²) in [5.74, 6) is -4.67. The van der Waals surface area contributed by atoms with Gasteiger partial charge in [-0.2, -0.15) is 18.3 Å². The van der Waals surface area contributed by atoms with Crippen LogP contribution in [0.2, 0.25) is 0 Å². The molecule has 3 aliphatic rings. The van der Waals surface area contributed by atoms with E-state index in [-0.39, 0.29) is 19.5 Å². The summed E-state index contributed by atoms with van der Waals surface area (Å²) in [6.45, 7) is -0.135. The summed E-state index contributed by atoms with van der Waals surface area (Å²) in [5, 5.41) is 14.5. The number of likely N-dealkylation sites (tertiary alicyclic amines) is 2. The van der Waals surface area contributed by atoms with Gasteiger partial charge in [0.15, 0.2) is 0 Å². The molecule has 154 valence electrons. The van der Waals surface area contributed by atoms with Crippen molar-refractivity contribution in [1.82, 2.24) is 19.6 Å². The van der Waals surface area contributed by atoms with Crippen LogP contribution in [0.3, 0.4) is 0 Å². The molecule has 0 radical (unpaired) electrons. The zero-order valence-electron chi connectivity index (χ0n) is 15.4. The average molecular weight is 401 g/mol. The van der Waals surface area contributed by atoms with Gasteiger partial charge in [-0.25, -0.2) is 0 Å². The Balaban J connectivity index is 1.59. The highest BCUT2D eigenvalue weighted by Gasteiger charge is 2.66. The summed E-state index contributed by atoms with van der Waals surface area (Å²) < 4.78 is 40.9. The summed E-state index contributed by atoms with van der Waals surface area (Å²) in [4.78, 5) is 28.1. The number of carbonyl (C=O) groups is 2. The first-order valence-electron chi connectivity index (χ1n) is 9.02. The number of carbonyl (C=O) groups excluding carboxylic acids is 2. The lowest BCUT2D eigenvalue weighted by atomic mass is 9.61. The van der Waals surface area contributed by atoms with E-state index in [2.05, 4.69) is 5.10 Å². The van der Waals surface area contributed by atoms with E-state index in [4.69, 9.17) is 5.73 Å². The quantitative estimate of drug-likeness (QED) is 0.705. The minimum absolute atomic E-state index is 0.00996. The number of aliphatic hydroxyl groups excluding tert-OH is 1. The molecule has 0 unspecified atom stereocenters. The monoisotopic (exact) mass is 401 g/mol. The fraction of sp³-hybridized carbons (Fsp3) is 0.706. The molecule has 28 heavy (non-hydrogen) atoms. The molecule has 0 spiro atoms. The number of hydrogen-bond donors (Lipinski definition) is 2. The van der Waals surface area contributed by atoms with Gasteiger partial charge in [-0.3, -0.25) is 14.3 Å². The molecule has 1 aromatic heterocycles. The minimum atomic E-state index is -4.35.